The third-order valence-corrected chi connectivity index (χ3v) is 7.19. The van der Waals surface area contributed by atoms with Crippen LogP contribution >= 0.6 is 0 Å². The third kappa shape index (κ3) is 4.80. The van der Waals surface area contributed by atoms with Gasteiger partial charge in [-0.25, -0.2) is 0 Å². The number of benzene rings is 2. The maximum absolute atomic E-state index is 14.2. The number of carbonyl (C=O) groups is 2. The zero-order chi connectivity index (χ0) is 26.9. The van der Waals surface area contributed by atoms with E-state index in [0.717, 1.165) is 5.19 Å². The van der Waals surface area contributed by atoms with E-state index in [9.17, 15) is 9.59 Å². The van der Waals surface area contributed by atoms with E-state index in [-0.39, 0.29) is 11.5 Å². The Morgan fingerprint density at radius 1 is 0.833 bits per heavy atom. The van der Waals surface area contributed by atoms with Gasteiger partial charge in [-0.1, -0.05) is 33.9 Å². The molecule has 193 valence electrons. The minimum atomic E-state index is -1.12. The number of ether oxygens (including phenoxy) is 5. The lowest BCUT2D eigenvalue weighted by Crippen LogP contribution is -2.26. The van der Waals surface area contributed by atoms with Crippen molar-refractivity contribution in [2.24, 2.45) is 0 Å². The quantitative estimate of drug-likeness (QED) is 0.182. The minimum absolute atomic E-state index is 0.154. The first-order valence-electron chi connectivity index (χ1n) is 11.4. The molecule has 0 aliphatic rings. The molecule has 1 heterocycles. The van der Waals surface area contributed by atoms with Gasteiger partial charge >= 0.3 is 5.97 Å². The van der Waals surface area contributed by atoms with Crippen LogP contribution in [0.15, 0.2) is 22.6 Å². The van der Waals surface area contributed by atoms with E-state index in [2.05, 4.69) is 13.1 Å². The molecule has 2 aromatic carbocycles. The maximum Gasteiger partial charge on any atom is 0.308 e. The molecule has 0 saturated heterocycles. The fraction of sp³-hybridized carbons (Fsp3) is 0.407. The van der Waals surface area contributed by atoms with Crippen molar-refractivity contribution in [1.82, 2.24) is 0 Å². The summed E-state index contributed by atoms with van der Waals surface area (Å²) in [6, 6.07) is 5.08. The third-order valence-electron chi connectivity index (χ3n) is 5.72. The normalized spacial score (nSPS) is 11.5. The van der Waals surface area contributed by atoms with Gasteiger partial charge in [-0.15, -0.1) is 0 Å². The van der Waals surface area contributed by atoms with E-state index < -0.39 is 20.2 Å². The summed E-state index contributed by atoms with van der Waals surface area (Å²) in [5.74, 6) is 1.32. The van der Waals surface area contributed by atoms with E-state index >= 15 is 0 Å². The summed E-state index contributed by atoms with van der Waals surface area (Å²) in [5, 5.41) is 1.55. The monoisotopic (exact) mass is 513 g/mol. The topological polar surface area (TPSA) is 93.4 Å². The molecule has 9 heteroatoms. The Labute approximate surface area is 213 Å². The molecular formula is C27H33O8Si. The molecule has 8 nitrogen and oxygen atoms in total. The Bertz CT molecular complexity index is 1290. The minimum Gasteiger partial charge on any atom is -0.493 e. The van der Waals surface area contributed by atoms with Gasteiger partial charge in [-0.05, 0) is 23.4 Å². The number of carbonyl (C=O) groups excluding carboxylic acids is 2. The summed E-state index contributed by atoms with van der Waals surface area (Å²) in [6.07, 6.45) is 0. The summed E-state index contributed by atoms with van der Waals surface area (Å²) in [7, 11) is 4.89. The molecule has 0 aliphatic heterocycles. The first-order chi connectivity index (χ1) is 16.9. The summed E-state index contributed by atoms with van der Waals surface area (Å²) in [5.41, 5.74) is 0.516. The number of fused-ring (bicyclic) bond motifs is 1. The summed E-state index contributed by atoms with van der Waals surface area (Å²) in [4.78, 5) is 26.2. The van der Waals surface area contributed by atoms with Gasteiger partial charge in [0, 0.05) is 23.3 Å². The van der Waals surface area contributed by atoms with Crippen LogP contribution in [0, 0.1) is 0 Å². The molecule has 0 saturated carbocycles. The number of rotatable bonds is 8. The molecule has 36 heavy (non-hydrogen) atoms. The predicted molar refractivity (Wildman–Crippen MR) is 139 cm³/mol. The molecule has 3 aromatic rings. The van der Waals surface area contributed by atoms with Gasteiger partial charge in [0.2, 0.25) is 11.5 Å². The van der Waals surface area contributed by atoms with Gasteiger partial charge in [0.1, 0.15) is 5.76 Å². The molecule has 0 aliphatic carbocycles. The van der Waals surface area contributed by atoms with Gasteiger partial charge in [0.05, 0.1) is 42.8 Å². The standard InChI is InChI=1S/C27H33O8Si/c1-14(28)34-24-18(32-7)13-19(36(9)10)20-21(26(27(2,3)4)35-25(20)24)22(29)15-11-16(30-5)23(33-8)17(12-15)31-6/h11-13H,1-10H3. The van der Waals surface area contributed by atoms with Crippen molar-refractivity contribution in [3.8, 4) is 28.7 Å². The molecule has 0 spiro atoms. The van der Waals surface area contributed by atoms with Crippen LogP contribution in [-0.4, -0.2) is 49.0 Å². The Kier molecular flexibility index (Phi) is 7.73. The largest absolute Gasteiger partial charge is 0.493 e. The van der Waals surface area contributed by atoms with Crippen molar-refractivity contribution in [3.63, 3.8) is 0 Å². The SMILES string of the molecule is COc1cc(C(=O)c2c(C(C)(C)C)oc3c(OC(C)=O)c(OC)cc([Si](C)C)c23)cc(OC)c1OC. The Hall–Kier alpha value is -3.46. The van der Waals surface area contributed by atoms with Crippen LogP contribution in [0.3, 0.4) is 0 Å². The molecule has 0 atom stereocenters. The molecule has 1 radical (unpaired) electrons. The van der Waals surface area contributed by atoms with E-state index in [1.165, 1.54) is 35.4 Å². The molecular weight excluding hydrogens is 480 g/mol. The van der Waals surface area contributed by atoms with Crippen molar-refractivity contribution in [2.75, 3.05) is 28.4 Å². The van der Waals surface area contributed by atoms with Gasteiger partial charge in [-0.2, -0.15) is 0 Å². The summed E-state index contributed by atoms with van der Waals surface area (Å²) < 4.78 is 33.9. The molecule has 0 unspecified atom stereocenters. The lowest BCUT2D eigenvalue weighted by Gasteiger charge is -2.18. The second-order valence-electron chi connectivity index (χ2n) is 9.55. The Balaban J connectivity index is 2.48. The Morgan fingerprint density at radius 2 is 1.36 bits per heavy atom. The number of ketones is 1. The molecule has 0 amide bonds. The predicted octanol–water partition coefficient (Wildman–Crippen LogP) is 4.88. The average molecular weight is 514 g/mol. The zero-order valence-electron chi connectivity index (χ0n) is 22.5. The maximum atomic E-state index is 14.2. The van der Waals surface area contributed by atoms with E-state index in [1.54, 1.807) is 12.1 Å². The first kappa shape index (κ1) is 27.1. The van der Waals surface area contributed by atoms with Crippen LogP contribution < -0.4 is 28.9 Å². The highest BCUT2D eigenvalue weighted by Gasteiger charge is 2.35. The first-order valence-corrected chi connectivity index (χ1v) is 13.9. The van der Waals surface area contributed by atoms with Crippen molar-refractivity contribution in [3.05, 3.63) is 35.1 Å². The lowest BCUT2D eigenvalue weighted by molar-refractivity contribution is -0.131. The Morgan fingerprint density at radius 3 is 1.78 bits per heavy atom. The number of hydrogen-bond donors (Lipinski definition) is 0. The number of methoxy groups -OCH3 is 4. The van der Waals surface area contributed by atoms with Crippen molar-refractivity contribution >= 4 is 36.7 Å². The van der Waals surface area contributed by atoms with Crippen LogP contribution in [0.5, 0.6) is 28.7 Å². The number of hydrogen-bond acceptors (Lipinski definition) is 8. The summed E-state index contributed by atoms with van der Waals surface area (Å²) >= 11 is 0. The van der Waals surface area contributed by atoms with Gasteiger partial charge in [0.25, 0.3) is 0 Å². The van der Waals surface area contributed by atoms with Crippen molar-refractivity contribution in [2.45, 2.75) is 46.2 Å². The fourth-order valence-corrected chi connectivity index (χ4v) is 5.27. The fourth-order valence-electron chi connectivity index (χ4n) is 4.12. The molecule has 0 N–H and O–H groups in total. The van der Waals surface area contributed by atoms with Crippen LogP contribution in [0.25, 0.3) is 11.0 Å². The van der Waals surface area contributed by atoms with Gasteiger partial charge in [-0.3, -0.25) is 9.59 Å². The van der Waals surface area contributed by atoms with Crippen LogP contribution in [0.4, 0.5) is 0 Å². The van der Waals surface area contributed by atoms with E-state index in [4.69, 9.17) is 28.1 Å². The zero-order valence-corrected chi connectivity index (χ0v) is 23.5. The van der Waals surface area contributed by atoms with Crippen molar-refractivity contribution < 1.29 is 37.7 Å². The van der Waals surface area contributed by atoms with Crippen molar-refractivity contribution in [1.29, 1.82) is 0 Å². The number of furan rings is 1. The van der Waals surface area contributed by atoms with Crippen LogP contribution in [0.1, 0.15) is 49.4 Å². The van der Waals surface area contributed by atoms with Gasteiger partial charge in [0.15, 0.2) is 28.6 Å². The second kappa shape index (κ2) is 10.3. The number of esters is 1. The lowest BCUT2D eigenvalue weighted by atomic mass is 9.87. The smallest absolute Gasteiger partial charge is 0.308 e. The highest BCUT2D eigenvalue weighted by Crippen LogP contribution is 2.44. The molecule has 0 fully saturated rings. The highest BCUT2D eigenvalue weighted by atomic mass is 28.3. The molecule has 1 aromatic heterocycles. The van der Waals surface area contributed by atoms with E-state index in [0.29, 0.717) is 50.9 Å². The molecule has 0 bridgehead atoms. The van der Waals surface area contributed by atoms with Crippen LogP contribution in [0.2, 0.25) is 13.1 Å². The van der Waals surface area contributed by atoms with Crippen LogP contribution in [-0.2, 0) is 10.2 Å². The van der Waals surface area contributed by atoms with E-state index in [1.807, 2.05) is 26.8 Å². The highest BCUT2D eigenvalue weighted by molar-refractivity contribution is 6.73. The second-order valence-corrected chi connectivity index (χ2v) is 12.1. The van der Waals surface area contributed by atoms with Gasteiger partial charge < -0.3 is 28.1 Å². The summed E-state index contributed by atoms with van der Waals surface area (Å²) in [6.45, 7) is 11.4. The average Bonchev–Trinajstić information content (AvgIpc) is 3.23. The molecule has 3 rings (SSSR count).